The first-order valence-electron chi connectivity index (χ1n) is 6.84. The molecule has 1 amide bonds. The maximum Gasteiger partial charge on any atom is 0.238 e. The number of nitrogens with one attached hydrogen (secondary N) is 2. The summed E-state index contributed by atoms with van der Waals surface area (Å²) in [5.74, 6) is 1.23. The minimum atomic E-state index is -0.0703. The second-order valence-corrected chi connectivity index (χ2v) is 4.92. The summed E-state index contributed by atoms with van der Waals surface area (Å²) in [6, 6.07) is 7.23. The normalized spacial score (nSPS) is 10.6. The Bertz CT molecular complexity index is 391. The minimum absolute atomic E-state index is 0.0703. The van der Waals surface area contributed by atoms with Crippen LogP contribution in [0.3, 0.4) is 0 Å². The van der Waals surface area contributed by atoms with E-state index in [9.17, 15) is 4.79 Å². The first-order valence-corrected chi connectivity index (χ1v) is 6.84. The van der Waals surface area contributed by atoms with Gasteiger partial charge in [-0.15, -0.1) is 0 Å². The van der Waals surface area contributed by atoms with Gasteiger partial charge >= 0.3 is 0 Å². The number of carbonyl (C=O) groups excluding carboxylic acids is 1. The first-order chi connectivity index (χ1) is 9.61. The Morgan fingerprint density at radius 3 is 2.55 bits per heavy atom. The van der Waals surface area contributed by atoms with Crippen molar-refractivity contribution in [3.05, 3.63) is 24.3 Å². The van der Waals surface area contributed by atoms with E-state index in [-0.39, 0.29) is 12.5 Å². The molecule has 0 fully saturated rings. The van der Waals surface area contributed by atoms with Crippen molar-refractivity contribution in [2.75, 3.05) is 38.7 Å². The molecule has 1 aromatic carbocycles. The molecule has 20 heavy (non-hydrogen) atoms. The monoisotopic (exact) mass is 280 g/mol. The van der Waals surface area contributed by atoms with Crippen molar-refractivity contribution in [3.63, 3.8) is 0 Å². The van der Waals surface area contributed by atoms with Gasteiger partial charge in [0.1, 0.15) is 5.75 Å². The third-order valence-corrected chi connectivity index (χ3v) is 2.53. The maximum absolute atomic E-state index is 11.7. The van der Waals surface area contributed by atoms with Crippen LogP contribution in [-0.4, -0.2) is 39.3 Å². The summed E-state index contributed by atoms with van der Waals surface area (Å²) < 4.78 is 10.5. The van der Waals surface area contributed by atoms with Crippen molar-refractivity contribution in [2.45, 2.75) is 13.8 Å². The topological polar surface area (TPSA) is 59.6 Å². The summed E-state index contributed by atoms with van der Waals surface area (Å²) in [4.78, 5) is 11.7. The molecular weight excluding hydrogens is 256 g/mol. The summed E-state index contributed by atoms with van der Waals surface area (Å²) in [5.41, 5.74) is 0.758. The summed E-state index contributed by atoms with van der Waals surface area (Å²) >= 11 is 0. The molecule has 5 heteroatoms. The van der Waals surface area contributed by atoms with Gasteiger partial charge in [0.25, 0.3) is 0 Å². The molecule has 0 bridgehead atoms. The van der Waals surface area contributed by atoms with Gasteiger partial charge in [-0.25, -0.2) is 0 Å². The van der Waals surface area contributed by atoms with E-state index in [1.165, 1.54) is 0 Å². The Morgan fingerprint density at radius 1 is 1.25 bits per heavy atom. The van der Waals surface area contributed by atoms with E-state index in [2.05, 4.69) is 24.5 Å². The number of hydrogen-bond donors (Lipinski definition) is 2. The predicted octanol–water partition coefficient (Wildman–Crippen LogP) is 1.90. The zero-order valence-electron chi connectivity index (χ0n) is 12.4. The van der Waals surface area contributed by atoms with Gasteiger partial charge in [-0.3, -0.25) is 4.79 Å². The third-order valence-electron chi connectivity index (χ3n) is 2.53. The van der Waals surface area contributed by atoms with E-state index >= 15 is 0 Å². The van der Waals surface area contributed by atoms with Crippen LogP contribution in [0.4, 0.5) is 5.69 Å². The van der Waals surface area contributed by atoms with E-state index in [4.69, 9.17) is 9.47 Å². The van der Waals surface area contributed by atoms with Crippen LogP contribution in [0.1, 0.15) is 13.8 Å². The number of methoxy groups -OCH3 is 1. The van der Waals surface area contributed by atoms with Crippen LogP contribution in [0.2, 0.25) is 0 Å². The largest absolute Gasteiger partial charge is 0.497 e. The zero-order chi connectivity index (χ0) is 14.8. The summed E-state index contributed by atoms with van der Waals surface area (Å²) in [6.45, 7) is 6.53. The highest BCUT2D eigenvalue weighted by atomic mass is 16.5. The molecule has 0 heterocycles. The Hall–Kier alpha value is -1.59. The Labute approximate surface area is 120 Å². The second-order valence-electron chi connectivity index (χ2n) is 4.92. The highest BCUT2D eigenvalue weighted by Crippen LogP contribution is 2.14. The average Bonchev–Trinajstić information content (AvgIpc) is 2.43. The SMILES string of the molecule is COc1ccc(NC(=O)CNCCOCC(C)C)cc1. The van der Waals surface area contributed by atoms with E-state index in [1.54, 1.807) is 7.11 Å². The number of rotatable bonds is 9. The fourth-order valence-corrected chi connectivity index (χ4v) is 1.54. The summed E-state index contributed by atoms with van der Waals surface area (Å²) in [6.07, 6.45) is 0. The number of ether oxygens (including phenoxy) is 2. The molecule has 2 N–H and O–H groups in total. The van der Waals surface area contributed by atoms with Gasteiger partial charge in [-0.05, 0) is 30.2 Å². The van der Waals surface area contributed by atoms with Gasteiger partial charge < -0.3 is 20.1 Å². The Balaban J connectivity index is 2.13. The predicted molar refractivity (Wildman–Crippen MR) is 80.2 cm³/mol. The number of anilines is 1. The Kier molecular flexibility index (Phi) is 7.69. The Morgan fingerprint density at radius 2 is 1.95 bits per heavy atom. The molecule has 0 aliphatic carbocycles. The first kappa shape index (κ1) is 16.5. The maximum atomic E-state index is 11.7. The van der Waals surface area contributed by atoms with Gasteiger partial charge in [-0.2, -0.15) is 0 Å². The number of carbonyl (C=O) groups is 1. The molecule has 0 atom stereocenters. The van der Waals surface area contributed by atoms with Crippen molar-refractivity contribution in [1.29, 1.82) is 0 Å². The standard InChI is InChI=1S/C15H24N2O3/c1-12(2)11-20-9-8-16-10-15(18)17-13-4-6-14(19-3)7-5-13/h4-7,12,16H,8-11H2,1-3H3,(H,17,18). The molecule has 112 valence electrons. The van der Waals surface area contributed by atoms with Crippen LogP contribution >= 0.6 is 0 Å². The lowest BCUT2D eigenvalue weighted by Gasteiger charge is -2.09. The van der Waals surface area contributed by atoms with Crippen molar-refractivity contribution in [3.8, 4) is 5.75 Å². The van der Waals surface area contributed by atoms with Crippen LogP contribution in [-0.2, 0) is 9.53 Å². The smallest absolute Gasteiger partial charge is 0.238 e. The number of hydrogen-bond acceptors (Lipinski definition) is 4. The third kappa shape index (κ3) is 7.11. The molecule has 0 aliphatic rings. The van der Waals surface area contributed by atoms with Gasteiger partial charge in [0.15, 0.2) is 0 Å². The molecule has 1 rings (SSSR count). The lowest BCUT2D eigenvalue weighted by molar-refractivity contribution is -0.115. The molecule has 0 aromatic heterocycles. The fourth-order valence-electron chi connectivity index (χ4n) is 1.54. The van der Waals surface area contributed by atoms with Crippen LogP contribution in [0.15, 0.2) is 24.3 Å². The van der Waals surface area contributed by atoms with Gasteiger partial charge in [-0.1, -0.05) is 13.8 Å². The molecule has 0 aliphatic heterocycles. The van der Waals surface area contributed by atoms with Crippen LogP contribution in [0.25, 0.3) is 0 Å². The van der Waals surface area contributed by atoms with Gasteiger partial charge in [0, 0.05) is 18.8 Å². The van der Waals surface area contributed by atoms with Gasteiger partial charge in [0.2, 0.25) is 5.91 Å². The highest BCUT2D eigenvalue weighted by molar-refractivity contribution is 5.92. The van der Waals surface area contributed by atoms with Crippen LogP contribution < -0.4 is 15.4 Å². The molecule has 5 nitrogen and oxygen atoms in total. The molecule has 0 spiro atoms. The zero-order valence-corrected chi connectivity index (χ0v) is 12.4. The van der Waals surface area contributed by atoms with E-state index < -0.39 is 0 Å². The summed E-state index contributed by atoms with van der Waals surface area (Å²) in [5, 5.41) is 5.84. The van der Waals surface area contributed by atoms with E-state index in [0.29, 0.717) is 19.1 Å². The van der Waals surface area contributed by atoms with Crippen LogP contribution in [0, 0.1) is 5.92 Å². The van der Waals surface area contributed by atoms with Crippen molar-refractivity contribution < 1.29 is 14.3 Å². The summed E-state index contributed by atoms with van der Waals surface area (Å²) in [7, 11) is 1.61. The van der Waals surface area contributed by atoms with Crippen molar-refractivity contribution in [1.82, 2.24) is 5.32 Å². The lowest BCUT2D eigenvalue weighted by atomic mass is 10.2. The van der Waals surface area contributed by atoms with E-state index in [0.717, 1.165) is 18.0 Å². The number of benzene rings is 1. The molecule has 0 saturated carbocycles. The van der Waals surface area contributed by atoms with Crippen molar-refractivity contribution in [2.24, 2.45) is 5.92 Å². The van der Waals surface area contributed by atoms with E-state index in [1.807, 2.05) is 24.3 Å². The van der Waals surface area contributed by atoms with Gasteiger partial charge in [0.05, 0.1) is 20.3 Å². The molecule has 1 aromatic rings. The van der Waals surface area contributed by atoms with Crippen LogP contribution in [0.5, 0.6) is 5.75 Å². The second kappa shape index (κ2) is 9.34. The molecule has 0 saturated heterocycles. The minimum Gasteiger partial charge on any atom is -0.497 e. The average molecular weight is 280 g/mol. The quantitative estimate of drug-likeness (QED) is 0.678. The highest BCUT2D eigenvalue weighted by Gasteiger charge is 2.02. The fraction of sp³-hybridized carbons (Fsp3) is 0.533. The van der Waals surface area contributed by atoms with Crippen molar-refractivity contribution >= 4 is 11.6 Å². The molecule has 0 radical (unpaired) electrons. The number of amides is 1. The molecule has 0 unspecified atom stereocenters. The molecular formula is C15H24N2O3. The lowest BCUT2D eigenvalue weighted by Crippen LogP contribution is -2.30.